The number of carbonyl (C=O) groups is 1. The number of rotatable bonds is 4. The highest BCUT2D eigenvalue weighted by Crippen LogP contribution is 2.16. The Labute approximate surface area is 142 Å². The Bertz CT molecular complexity index is 920. The van der Waals surface area contributed by atoms with Crippen molar-refractivity contribution in [1.29, 1.82) is 0 Å². The summed E-state index contributed by atoms with van der Waals surface area (Å²) in [4.78, 5) is 24.5. The van der Waals surface area contributed by atoms with Crippen molar-refractivity contribution in [2.75, 3.05) is 5.32 Å². The molecule has 24 heavy (non-hydrogen) atoms. The van der Waals surface area contributed by atoms with Gasteiger partial charge in [0.1, 0.15) is 6.04 Å². The first kappa shape index (κ1) is 15.9. The Morgan fingerprint density at radius 1 is 1.25 bits per heavy atom. The van der Waals surface area contributed by atoms with E-state index in [1.807, 2.05) is 0 Å². The van der Waals surface area contributed by atoms with Crippen molar-refractivity contribution in [3.63, 3.8) is 0 Å². The summed E-state index contributed by atoms with van der Waals surface area (Å²) < 4.78 is 2.63. The molecule has 3 rings (SSSR count). The first-order valence-corrected chi connectivity index (χ1v) is 7.59. The molecule has 0 aliphatic rings. The molecule has 0 radical (unpaired) electrons. The molecular weight excluding hydrogens is 330 g/mol. The first-order valence-electron chi connectivity index (χ1n) is 7.21. The molecule has 2 heterocycles. The molecule has 0 saturated heterocycles. The third kappa shape index (κ3) is 3.36. The monoisotopic (exact) mass is 343 g/mol. The van der Waals surface area contributed by atoms with Crippen molar-refractivity contribution in [1.82, 2.24) is 19.6 Å². The minimum Gasteiger partial charge on any atom is -0.324 e. The van der Waals surface area contributed by atoms with Gasteiger partial charge >= 0.3 is 0 Å². The van der Waals surface area contributed by atoms with Gasteiger partial charge in [0.15, 0.2) is 5.82 Å². The van der Waals surface area contributed by atoms with Gasteiger partial charge in [-0.05, 0) is 37.3 Å². The van der Waals surface area contributed by atoms with E-state index < -0.39 is 6.04 Å². The highest BCUT2D eigenvalue weighted by Gasteiger charge is 2.18. The molecule has 122 valence electrons. The molecule has 1 amide bonds. The van der Waals surface area contributed by atoms with Gasteiger partial charge in [-0.3, -0.25) is 9.59 Å². The Balaban J connectivity index is 1.86. The number of aromatic nitrogens is 4. The zero-order valence-corrected chi connectivity index (χ0v) is 13.5. The van der Waals surface area contributed by atoms with Gasteiger partial charge in [-0.2, -0.15) is 5.10 Å². The molecule has 1 atom stereocenters. The summed E-state index contributed by atoms with van der Waals surface area (Å²) in [6.45, 7) is 1.60. The molecule has 1 N–H and O–H groups in total. The molecule has 0 fully saturated rings. The molecule has 1 unspecified atom stereocenters. The standard InChI is InChI=1S/C16H14ClN5O2/c1-11(16(24)19-13-5-2-4-12(17)10-13)22-15(23)7-6-14(20-22)21-9-3-8-18-21/h2-11H,1H3,(H,19,24). The number of hydrogen-bond acceptors (Lipinski definition) is 4. The number of nitrogens with one attached hydrogen (secondary N) is 1. The van der Waals surface area contributed by atoms with Gasteiger partial charge in [0.05, 0.1) is 0 Å². The maximum atomic E-state index is 12.4. The molecule has 2 aromatic heterocycles. The predicted molar refractivity (Wildman–Crippen MR) is 90.4 cm³/mol. The van der Waals surface area contributed by atoms with Gasteiger partial charge < -0.3 is 5.32 Å². The third-order valence-corrected chi connectivity index (χ3v) is 3.62. The van der Waals surface area contributed by atoms with E-state index in [1.54, 1.807) is 55.7 Å². The fourth-order valence-electron chi connectivity index (χ4n) is 2.14. The summed E-state index contributed by atoms with van der Waals surface area (Å²) in [6.07, 6.45) is 3.31. The predicted octanol–water partition coefficient (Wildman–Crippen LogP) is 2.28. The van der Waals surface area contributed by atoms with Crippen molar-refractivity contribution in [2.24, 2.45) is 0 Å². The zero-order valence-electron chi connectivity index (χ0n) is 12.8. The Kier molecular flexibility index (Phi) is 4.43. The van der Waals surface area contributed by atoms with Crippen LogP contribution >= 0.6 is 11.6 Å². The average Bonchev–Trinajstić information content (AvgIpc) is 3.09. The van der Waals surface area contributed by atoms with Crippen molar-refractivity contribution in [3.05, 3.63) is 70.2 Å². The smallest absolute Gasteiger partial charge is 0.267 e. The molecule has 8 heteroatoms. The van der Waals surface area contributed by atoms with Crippen LogP contribution in [0.3, 0.4) is 0 Å². The first-order chi connectivity index (χ1) is 11.5. The lowest BCUT2D eigenvalue weighted by atomic mass is 10.2. The second-order valence-corrected chi connectivity index (χ2v) is 5.54. The quantitative estimate of drug-likeness (QED) is 0.788. The van der Waals surface area contributed by atoms with Crippen LogP contribution in [-0.4, -0.2) is 25.5 Å². The summed E-state index contributed by atoms with van der Waals surface area (Å²) >= 11 is 5.90. The van der Waals surface area contributed by atoms with E-state index in [9.17, 15) is 9.59 Å². The molecule has 0 aliphatic carbocycles. The van der Waals surface area contributed by atoms with Crippen LogP contribution < -0.4 is 10.9 Å². The number of anilines is 1. The normalized spacial score (nSPS) is 11.9. The summed E-state index contributed by atoms with van der Waals surface area (Å²) in [6, 6.07) is 10.6. The third-order valence-electron chi connectivity index (χ3n) is 3.39. The maximum absolute atomic E-state index is 12.4. The topological polar surface area (TPSA) is 81.8 Å². The number of hydrogen-bond donors (Lipinski definition) is 1. The largest absolute Gasteiger partial charge is 0.324 e. The summed E-state index contributed by atoms with van der Waals surface area (Å²) in [5.41, 5.74) is 0.176. The van der Waals surface area contributed by atoms with Crippen molar-refractivity contribution < 1.29 is 4.79 Å². The minimum atomic E-state index is -0.799. The van der Waals surface area contributed by atoms with E-state index in [2.05, 4.69) is 15.5 Å². The van der Waals surface area contributed by atoms with Gasteiger partial charge in [0.2, 0.25) is 5.91 Å². The maximum Gasteiger partial charge on any atom is 0.267 e. The Hall–Kier alpha value is -2.93. The van der Waals surface area contributed by atoms with Crippen LogP contribution in [-0.2, 0) is 4.79 Å². The summed E-state index contributed by atoms with van der Waals surface area (Å²) in [5, 5.41) is 11.5. The van der Waals surface area contributed by atoms with E-state index >= 15 is 0 Å². The average molecular weight is 344 g/mol. The van der Waals surface area contributed by atoms with Crippen LogP contribution in [0.25, 0.3) is 5.82 Å². The van der Waals surface area contributed by atoms with Crippen LogP contribution in [0, 0.1) is 0 Å². The number of amides is 1. The number of halogens is 1. The van der Waals surface area contributed by atoms with Crippen LogP contribution in [0.4, 0.5) is 5.69 Å². The Morgan fingerprint density at radius 2 is 2.08 bits per heavy atom. The van der Waals surface area contributed by atoms with Gasteiger partial charge in [-0.25, -0.2) is 9.36 Å². The molecule has 3 aromatic rings. The van der Waals surface area contributed by atoms with Crippen molar-refractivity contribution in [2.45, 2.75) is 13.0 Å². The van der Waals surface area contributed by atoms with Crippen molar-refractivity contribution in [3.8, 4) is 5.82 Å². The van der Waals surface area contributed by atoms with Crippen LogP contribution in [0.2, 0.25) is 5.02 Å². The second-order valence-electron chi connectivity index (χ2n) is 5.10. The van der Waals surface area contributed by atoms with E-state index in [4.69, 9.17) is 11.6 Å². The van der Waals surface area contributed by atoms with Crippen LogP contribution in [0.15, 0.2) is 59.7 Å². The molecule has 1 aromatic carbocycles. The second kappa shape index (κ2) is 6.67. The van der Waals surface area contributed by atoms with Crippen LogP contribution in [0.5, 0.6) is 0 Å². The van der Waals surface area contributed by atoms with Gasteiger partial charge in [-0.1, -0.05) is 17.7 Å². The fraction of sp³-hybridized carbons (Fsp3) is 0.125. The number of nitrogens with zero attached hydrogens (tertiary/aromatic N) is 4. The van der Waals surface area contributed by atoms with Crippen molar-refractivity contribution >= 4 is 23.2 Å². The van der Waals surface area contributed by atoms with Crippen LogP contribution in [0.1, 0.15) is 13.0 Å². The lowest BCUT2D eigenvalue weighted by Gasteiger charge is -2.15. The van der Waals surface area contributed by atoms with E-state index in [-0.39, 0.29) is 11.5 Å². The van der Waals surface area contributed by atoms with E-state index in [1.165, 1.54) is 10.7 Å². The highest BCUT2D eigenvalue weighted by atomic mass is 35.5. The minimum absolute atomic E-state index is 0.371. The summed E-state index contributed by atoms with van der Waals surface area (Å²) in [7, 11) is 0. The fourth-order valence-corrected chi connectivity index (χ4v) is 2.33. The molecule has 0 bridgehead atoms. The number of benzene rings is 1. The van der Waals surface area contributed by atoms with Gasteiger partial charge in [-0.15, -0.1) is 5.10 Å². The molecule has 0 aliphatic heterocycles. The zero-order chi connectivity index (χ0) is 17.1. The van der Waals surface area contributed by atoms with Gasteiger partial charge in [0.25, 0.3) is 5.56 Å². The lowest BCUT2D eigenvalue weighted by molar-refractivity contribution is -0.119. The summed E-state index contributed by atoms with van der Waals surface area (Å²) in [5.74, 6) is 0.0755. The molecule has 0 saturated carbocycles. The highest BCUT2D eigenvalue weighted by molar-refractivity contribution is 6.30. The van der Waals surface area contributed by atoms with Gasteiger partial charge in [0, 0.05) is 29.2 Å². The molecule has 0 spiro atoms. The lowest BCUT2D eigenvalue weighted by Crippen LogP contribution is -2.33. The SMILES string of the molecule is CC(C(=O)Nc1cccc(Cl)c1)n1nc(-n2cccn2)ccc1=O. The Morgan fingerprint density at radius 3 is 2.79 bits per heavy atom. The van der Waals surface area contributed by atoms with E-state index in [0.717, 1.165) is 4.68 Å². The van der Waals surface area contributed by atoms with E-state index in [0.29, 0.717) is 16.5 Å². The number of carbonyl (C=O) groups excluding carboxylic acids is 1. The molecular formula is C16H14ClN5O2. The molecule has 7 nitrogen and oxygen atoms in total.